The highest BCUT2D eigenvalue weighted by molar-refractivity contribution is 9.10. The molecule has 15 heavy (non-hydrogen) atoms. The van der Waals surface area contributed by atoms with Crippen molar-refractivity contribution in [1.82, 2.24) is 0 Å². The summed E-state index contributed by atoms with van der Waals surface area (Å²) >= 11 is 9.58. The van der Waals surface area contributed by atoms with Crippen LogP contribution in [0.2, 0.25) is 5.02 Å². The lowest BCUT2D eigenvalue weighted by Gasteiger charge is -2.16. The molecule has 0 bridgehead atoms. The van der Waals surface area contributed by atoms with Gasteiger partial charge in [0.25, 0.3) is 0 Å². The van der Waals surface area contributed by atoms with Gasteiger partial charge in [0.2, 0.25) is 0 Å². The zero-order valence-electron chi connectivity index (χ0n) is 8.21. The summed E-state index contributed by atoms with van der Waals surface area (Å²) in [6, 6.07) is 5.72. The Bertz CT molecular complexity index is 408. The summed E-state index contributed by atoms with van der Waals surface area (Å²) in [6.45, 7) is 0. The zero-order chi connectivity index (χ0) is 10.6. The number of rotatable bonds is 1. The van der Waals surface area contributed by atoms with Crippen molar-refractivity contribution in [1.29, 1.82) is 0 Å². The Morgan fingerprint density at radius 3 is 2.67 bits per heavy atom. The maximum absolute atomic E-state index is 10.6. The predicted octanol–water partition coefficient (Wildman–Crippen LogP) is 3.72. The van der Waals surface area contributed by atoms with Crippen LogP contribution in [0, 0.1) is 11.8 Å². The van der Waals surface area contributed by atoms with E-state index in [0.29, 0.717) is 16.9 Å². The molecule has 0 saturated heterocycles. The first-order chi connectivity index (χ1) is 7.14. The molecule has 2 atom stereocenters. The van der Waals surface area contributed by atoms with E-state index in [1.807, 2.05) is 18.2 Å². The van der Waals surface area contributed by atoms with Crippen LogP contribution in [0.15, 0.2) is 22.7 Å². The van der Waals surface area contributed by atoms with E-state index in [2.05, 4.69) is 15.9 Å². The number of aliphatic hydroxyl groups is 1. The first-order valence-corrected chi connectivity index (χ1v) is 6.49. The molecule has 1 nitrogen and oxygen atoms in total. The summed E-state index contributed by atoms with van der Waals surface area (Å²) in [5, 5.41) is 11.3. The molecule has 2 aliphatic carbocycles. The molecule has 80 valence electrons. The maximum Gasteiger partial charge on any atom is 0.0974 e. The molecule has 2 unspecified atom stereocenters. The van der Waals surface area contributed by atoms with Gasteiger partial charge in [-0.1, -0.05) is 34.0 Å². The third-order valence-corrected chi connectivity index (χ3v) is 4.72. The van der Waals surface area contributed by atoms with E-state index in [9.17, 15) is 5.11 Å². The number of hydrogen-bond acceptors (Lipinski definition) is 1. The van der Waals surface area contributed by atoms with E-state index in [1.165, 1.54) is 6.42 Å². The maximum atomic E-state index is 10.6. The van der Waals surface area contributed by atoms with Crippen LogP contribution in [0.25, 0.3) is 0 Å². The van der Waals surface area contributed by atoms with Crippen molar-refractivity contribution >= 4 is 27.5 Å². The van der Waals surface area contributed by atoms with Crippen molar-refractivity contribution < 1.29 is 5.11 Å². The normalized spacial score (nSPS) is 37.8. The summed E-state index contributed by atoms with van der Waals surface area (Å²) < 4.78 is 0.986. The lowest BCUT2D eigenvalue weighted by molar-refractivity contribution is 0.105. The molecule has 0 radical (unpaired) electrons. The van der Waals surface area contributed by atoms with Gasteiger partial charge in [-0.05, 0) is 42.9 Å². The van der Waals surface area contributed by atoms with Crippen LogP contribution >= 0.6 is 27.5 Å². The highest BCUT2D eigenvalue weighted by Gasteiger charge is 2.66. The first-order valence-electron chi connectivity index (χ1n) is 5.32. The minimum Gasteiger partial charge on any atom is -0.385 e. The van der Waals surface area contributed by atoms with Gasteiger partial charge in [-0.15, -0.1) is 0 Å². The molecule has 0 amide bonds. The molecule has 2 aliphatic rings. The third kappa shape index (κ3) is 1.31. The Kier molecular flexibility index (Phi) is 2.17. The Morgan fingerprint density at radius 2 is 2.00 bits per heavy atom. The summed E-state index contributed by atoms with van der Waals surface area (Å²) in [5.74, 6) is 0.897. The van der Waals surface area contributed by atoms with Crippen molar-refractivity contribution in [2.24, 2.45) is 11.8 Å². The Balaban J connectivity index is 2.03. The molecule has 3 heteroatoms. The van der Waals surface area contributed by atoms with Crippen LogP contribution in [0.4, 0.5) is 0 Å². The van der Waals surface area contributed by atoms with Crippen LogP contribution in [-0.4, -0.2) is 5.11 Å². The topological polar surface area (TPSA) is 20.2 Å². The standard InChI is InChI=1S/C12H12BrClO/c13-7-4-5-11(14)10(6-7)12(15)8-2-1-3-9(8)12/h4-6,8-9,15H,1-3H2. The largest absolute Gasteiger partial charge is 0.385 e. The average molecular weight is 288 g/mol. The molecule has 0 heterocycles. The van der Waals surface area contributed by atoms with Crippen molar-refractivity contribution in [3.8, 4) is 0 Å². The molecule has 2 fully saturated rings. The molecule has 1 aromatic carbocycles. The molecule has 1 N–H and O–H groups in total. The smallest absolute Gasteiger partial charge is 0.0974 e. The third-order valence-electron chi connectivity index (χ3n) is 3.90. The van der Waals surface area contributed by atoms with Gasteiger partial charge in [-0.3, -0.25) is 0 Å². The van der Waals surface area contributed by atoms with Gasteiger partial charge >= 0.3 is 0 Å². The highest BCUT2D eigenvalue weighted by Crippen LogP contribution is 2.67. The SMILES string of the molecule is OC1(c2cc(Br)ccc2Cl)C2CCCC21. The van der Waals surface area contributed by atoms with Gasteiger partial charge in [0.05, 0.1) is 5.60 Å². The Hall–Kier alpha value is -0.0500. The fraction of sp³-hybridized carbons (Fsp3) is 0.500. The molecule has 3 rings (SSSR count). The fourth-order valence-electron chi connectivity index (χ4n) is 3.13. The quantitative estimate of drug-likeness (QED) is 0.834. The summed E-state index contributed by atoms with van der Waals surface area (Å²) in [6.07, 6.45) is 3.54. The minimum atomic E-state index is -0.626. The van der Waals surface area contributed by atoms with Crippen LogP contribution in [0.5, 0.6) is 0 Å². The molecular weight excluding hydrogens is 275 g/mol. The number of halogens is 2. The van der Waals surface area contributed by atoms with Crippen LogP contribution in [-0.2, 0) is 5.60 Å². The molecular formula is C12H12BrClO. The van der Waals surface area contributed by atoms with Gasteiger partial charge in [0, 0.05) is 15.1 Å². The number of hydrogen-bond donors (Lipinski definition) is 1. The van der Waals surface area contributed by atoms with E-state index in [-0.39, 0.29) is 0 Å². The highest BCUT2D eigenvalue weighted by atomic mass is 79.9. The van der Waals surface area contributed by atoms with Gasteiger partial charge in [0.1, 0.15) is 0 Å². The van der Waals surface area contributed by atoms with E-state index in [1.54, 1.807) is 0 Å². The van der Waals surface area contributed by atoms with Crippen molar-refractivity contribution in [2.75, 3.05) is 0 Å². The van der Waals surface area contributed by atoms with Crippen molar-refractivity contribution in [3.05, 3.63) is 33.3 Å². The van der Waals surface area contributed by atoms with Gasteiger partial charge in [0.15, 0.2) is 0 Å². The van der Waals surface area contributed by atoms with Gasteiger partial charge < -0.3 is 5.11 Å². The van der Waals surface area contributed by atoms with Crippen molar-refractivity contribution in [3.63, 3.8) is 0 Å². The van der Waals surface area contributed by atoms with Gasteiger partial charge in [-0.25, -0.2) is 0 Å². The van der Waals surface area contributed by atoms with E-state index < -0.39 is 5.60 Å². The molecule has 0 aliphatic heterocycles. The molecule has 1 aromatic rings. The number of fused-ring (bicyclic) bond motifs is 1. The predicted molar refractivity (Wildman–Crippen MR) is 63.9 cm³/mol. The average Bonchev–Trinajstić information content (AvgIpc) is 2.67. The Morgan fingerprint density at radius 1 is 1.33 bits per heavy atom. The zero-order valence-corrected chi connectivity index (χ0v) is 10.6. The van der Waals surface area contributed by atoms with E-state index in [0.717, 1.165) is 22.9 Å². The van der Waals surface area contributed by atoms with E-state index >= 15 is 0 Å². The second-order valence-electron chi connectivity index (χ2n) is 4.59. The monoisotopic (exact) mass is 286 g/mol. The fourth-order valence-corrected chi connectivity index (χ4v) is 3.76. The van der Waals surface area contributed by atoms with Crippen molar-refractivity contribution in [2.45, 2.75) is 24.9 Å². The minimum absolute atomic E-state index is 0.448. The molecule has 0 aromatic heterocycles. The van der Waals surface area contributed by atoms with Crippen LogP contribution < -0.4 is 0 Å². The second-order valence-corrected chi connectivity index (χ2v) is 5.92. The lowest BCUT2D eigenvalue weighted by atomic mass is 9.99. The summed E-state index contributed by atoms with van der Waals surface area (Å²) in [4.78, 5) is 0. The summed E-state index contributed by atoms with van der Waals surface area (Å²) in [5.41, 5.74) is 0.285. The van der Waals surface area contributed by atoms with Crippen LogP contribution in [0.1, 0.15) is 24.8 Å². The first kappa shape index (κ1) is 10.1. The number of benzene rings is 1. The summed E-state index contributed by atoms with van der Waals surface area (Å²) in [7, 11) is 0. The molecule has 0 spiro atoms. The van der Waals surface area contributed by atoms with Gasteiger partial charge in [-0.2, -0.15) is 0 Å². The second kappa shape index (κ2) is 3.22. The van der Waals surface area contributed by atoms with E-state index in [4.69, 9.17) is 11.6 Å². The Labute approximate surface area is 103 Å². The lowest BCUT2D eigenvalue weighted by Crippen LogP contribution is -2.13. The van der Waals surface area contributed by atoms with Crippen LogP contribution in [0.3, 0.4) is 0 Å². The molecule has 2 saturated carbocycles.